The third kappa shape index (κ3) is 3.39. The Morgan fingerprint density at radius 1 is 1.26 bits per heavy atom. The molecule has 1 aromatic rings. The normalized spacial score (nSPS) is 21.0. The molecular formula is C16H27NOS. The van der Waals surface area contributed by atoms with Crippen molar-refractivity contribution in [1.82, 2.24) is 5.32 Å². The molecule has 1 atom stereocenters. The van der Waals surface area contributed by atoms with Gasteiger partial charge in [0, 0.05) is 16.9 Å². The molecule has 1 aliphatic rings. The lowest BCUT2D eigenvalue weighted by Gasteiger charge is -2.39. The van der Waals surface area contributed by atoms with Gasteiger partial charge in [0.2, 0.25) is 0 Å². The summed E-state index contributed by atoms with van der Waals surface area (Å²) in [4.78, 5) is 2.82. The van der Waals surface area contributed by atoms with E-state index in [1.807, 2.05) is 18.4 Å². The number of methoxy groups -OCH3 is 1. The number of likely N-dealkylation sites (N-methyl/N-ethyl adjacent to an activating group) is 1. The van der Waals surface area contributed by atoms with Crippen LogP contribution in [0.4, 0.5) is 0 Å². The first kappa shape index (κ1) is 15.0. The average Bonchev–Trinajstić information content (AvgIpc) is 2.70. The van der Waals surface area contributed by atoms with Crippen LogP contribution >= 0.6 is 11.3 Å². The first-order valence-electron chi connectivity index (χ1n) is 7.57. The number of nitrogens with one attached hydrogen (secondary N) is 1. The predicted molar refractivity (Wildman–Crippen MR) is 82.9 cm³/mol. The Labute approximate surface area is 121 Å². The SMILES string of the molecule is CCNC(c1ccc(C)s1)C1(OC)CCCCCC1. The van der Waals surface area contributed by atoms with E-state index in [4.69, 9.17) is 4.74 Å². The van der Waals surface area contributed by atoms with Crippen molar-refractivity contribution in [1.29, 1.82) is 0 Å². The summed E-state index contributed by atoms with van der Waals surface area (Å²) in [5, 5.41) is 3.69. The van der Waals surface area contributed by atoms with Crippen molar-refractivity contribution in [3.05, 3.63) is 21.9 Å². The summed E-state index contributed by atoms with van der Waals surface area (Å²) in [6, 6.07) is 4.85. The van der Waals surface area contributed by atoms with Crippen LogP contribution in [0.5, 0.6) is 0 Å². The summed E-state index contributed by atoms with van der Waals surface area (Å²) in [6.07, 6.45) is 7.65. The van der Waals surface area contributed by atoms with Crippen molar-refractivity contribution in [2.45, 2.75) is 64.0 Å². The lowest BCUT2D eigenvalue weighted by Crippen LogP contribution is -2.45. The summed E-state index contributed by atoms with van der Waals surface area (Å²) in [7, 11) is 1.90. The maximum Gasteiger partial charge on any atom is 0.0880 e. The number of ether oxygens (including phenoxy) is 1. The zero-order valence-electron chi connectivity index (χ0n) is 12.5. The van der Waals surface area contributed by atoms with Crippen LogP contribution in [0, 0.1) is 6.92 Å². The maximum atomic E-state index is 6.08. The highest BCUT2D eigenvalue weighted by Crippen LogP contribution is 2.42. The van der Waals surface area contributed by atoms with Crippen LogP contribution in [-0.2, 0) is 4.74 Å². The fourth-order valence-electron chi connectivity index (χ4n) is 3.30. The van der Waals surface area contributed by atoms with Gasteiger partial charge in [0.25, 0.3) is 0 Å². The third-order valence-corrected chi connectivity index (χ3v) is 5.40. The Hall–Kier alpha value is -0.380. The smallest absolute Gasteiger partial charge is 0.0880 e. The maximum absolute atomic E-state index is 6.08. The second-order valence-electron chi connectivity index (χ2n) is 5.62. The minimum atomic E-state index is -0.0101. The minimum absolute atomic E-state index is 0.0101. The number of hydrogen-bond acceptors (Lipinski definition) is 3. The monoisotopic (exact) mass is 281 g/mol. The summed E-state index contributed by atoms with van der Waals surface area (Å²) in [5.74, 6) is 0. The molecule has 1 aliphatic carbocycles. The predicted octanol–water partition coefficient (Wildman–Crippen LogP) is 4.45. The van der Waals surface area contributed by atoms with Gasteiger partial charge in [0.1, 0.15) is 0 Å². The quantitative estimate of drug-likeness (QED) is 0.805. The molecular weight excluding hydrogens is 254 g/mol. The van der Waals surface area contributed by atoms with Gasteiger partial charge in [-0.05, 0) is 38.4 Å². The zero-order valence-corrected chi connectivity index (χ0v) is 13.3. The number of hydrogen-bond donors (Lipinski definition) is 1. The Morgan fingerprint density at radius 2 is 1.95 bits per heavy atom. The van der Waals surface area contributed by atoms with Gasteiger partial charge >= 0.3 is 0 Å². The molecule has 3 heteroatoms. The number of thiophene rings is 1. The lowest BCUT2D eigenvalue weighted by atomic mass is 9.85. The van der Waals surface area contributed by atoms with Gasteiger partial charge in [-0.2, -0.15) is 0 Å². The van der Waals surface area contributed by atoms with Crippen LogP contribution in [0.3, 0.4) is 0 Å². The van der Waals surface area contributed by atoms with Gasteiger partial charge in [-0.1, -0.05) is 32.6 Å². The molecule has 0 bridgehead atoms. The molecule has 108 valence electrons. The van der Waals surface area contributed by atoms with Crippen LogP contribution < -0.4 is 5.32 Å². The van der Waals surface area contributed by atoms with E-state index in [0.717, 1.165) is 6.54 Å². The van der Waals surface area contributed by atoms with Gasteiger partial charge in [-0.3, -0.25) is 0 Å². The second-order valence-corrected chi connectivity index (χ2v) is 6.94. The highest BCUT2D eigenvalue weighted by atomic mass is 32.1. The lowest BCUT2D eigenvalue weighted by molar-refractivity contribution is -0.0528. The molecule has 1 heterocycles. The molecule has 1 unspecified atom stereocenters. The first-order chi connectivity index (χ1) is 9.22. The van der Waals surface area contributed by atoms with E-state index in [9.17, 15) is 0 Å². The van der Waals surface area contributed by atoms with E-state index >= 15 is 0 Å². The van der Waals surface area contributed by atoms with Gasteiger partial charge in [-0.25, -0.2) is 0 Å². The summed E-state index contributed by atoms with van der Waals surface area (Å²) >= 11 is 1.91. The Balaban J connectivity index is 2.28. The van der Waals surface area contributed by atoms with Crippen molar-refractivity contribution in [2.24, 2.45) is 0 Å². The average molecular weight is 281 g/mol. The molecule has 1 saturated carbocycles. The van der Waals surface area contributed by atoms with E-state index in [1.54, 1.807) is 0 Å². The molecule has 1 N–H and O–H groups in total. The summed E-state index contributed by atoms with van der Waals surface area (Å²) in [6.45, 7) is 5.37. The van der Waals surface area contributed by atoms with Crippen LogP contribution in [0.1, 0.15) is 61.2 Å². The van der Waals surface area contributed by atoms with Crippen molar-refractivity contribution < 1.29 is 4.74 Å². The Bertz CT molecular complexity index is 380. The van der Waals surface area contributed by atoms with Gasteiger partial charge in [-0.15, -0.1) is 11.3 Å². The van der Waals surface area contributed by atoms with Crippen LogP contribution in [-0.4, -0.2) is 19.3 Å². The van der Waals surface area contributed by atoms with Crippen molar-refractivity contribution in [3.8, 4) is 0 Å². The van der Waals surface area contributed by atoms with Crippen molar-refractivity contribution >= 4 is 11.3 Å². The van der Waals surface area contributed by atoms with Crippen molar-refractivity contribution in [2.75, 3.05) is 13.7 Å². The van der Waals surface area contributed by atoms with E-state index in [2.05, 4.69) is 31.3 Å². The second kappa shape index (κ2) is 6.87. The largest absolute Gasteiger partial charge is 0.376 e. The fraction of sp³-hybridized carbons (Fsp3) is 0.750. The van der Waals surface area contributed by atoms with Crippen molar-refractivity contribution in [3.63, 3.8) is 0 Å². The van der Waals surface area contributed by atoms with E-state index in [1.165, 1.54) is 48.3 Å². The van der Waals surface area contributed by atoms with E-state index in [-0.39, 0.29) is 5.60 Å². The molecule has 0 amide bonds. The highest BCUT2D eigenvalue weighted by molar-refractivity contribution is 7.12. The molecule has 2 nitrogen and oxygen atoms in total. The van der Waals surface area contributed by atoms with Gasteiger partial charge < -0.3 is 10.1 Å². The molecule has 0 spiro atoms. The Kier molecular flexibility index (Phi) is 5.43. The topological polar surface area (TPSA) is 21.3 Å². The highest BCUT2D eigenvalue weighted by Gasteiger charge is 2.40. The molecule has 19 heavy (non-hydrogen) atoms. The number of aryl methyl sites for hydroxylation is 1. The minimum Gasteiger partial charge on any atom is -0.376 e. The molecule has 0 aromatic carbocycles. The first-order valence-corrected chi connectivity index (χ1v) is 8.38. The molecule has 0 saturated heterocycles. The van der Waals surface area contributed by atoms with E-state index in [0.29, 0.717) is 6.04 Å². The van der Waals surface area contributed by atoms with Crippen LogP contribution in [0.2, 0.25) is 0 Å². The summed E-state index contributed by atoms with van der Waals surface area (Å²) < 4.78 is 6.08. The molecule has 0 aliphatic heterocycles. The molecule has 1 aromatic heterocycles. The fourth-order valence-corrected chi connectivity index (χ4v) is 4.36. The molecule has 1 fully saturated rings. The summed E-state index contributed by atoms with van der Waals surface area (Å²) in [5.41, 5.74) is -0.0101. The molecule has 2 rings (SSSR count). The number of rotatable bonds is 5. The van der Waals surface area contributed by atoms with Crippen LogP contribution in [0.25, 0.3) is 0 Å². The molecule has 0 radical (unpaired) electrons. The third-order valence-electron chi connectivity index (χ3n) is 4.34. The van der Waals surface area contributed by atoms with Gasteiger partial charge in [0.05, 0.1) is 11.6 Å². The van der Waals surface area contributed by atoms with Crippen LogP contribution in [0.15, 0.2) is 12.1 Å². The standard InChI is InChI=1S/C16H27NOS/c1-4-17-15(14-10-9-13(2)19-14)16(18-3)11-7-5-6-8-12-16/h9-10,15,17H,4-8,11-12H2,1-3H3. The van der Waals surface area contributed by atoms with E-state index < -0.39 is 0 Å². The Morgan fingerprint density at radius 3 is 2.42 bits per heavy atom. The zero-order chi connectivity index (χ0) is 13.7. The van der Waals surface area contributed by atoms with Gasteiger partial charge in [0.15, 0.2) is 0 Å².